The second-order valence-corrected chi connectivity index (χ2v) is 11.2. The lowest BCUT2D eigenvalue weighted by atomic mass is 9.75. The maximum atomic E-state index is 14.5. The minimum Gasteiger partial charge on any atom is -0.283 e. The molecule has 4 aliphatic rings. The predicted molar refractivity (Wildman–Crippen MR) is 144 cm³/mol. The molecule has 0 N–H and O–H groups in total. The van der Waals surface area contributed by atoms with Crippen LogP contribution in [0.1, 0.15) is 24.2 Å². The van der Waals surface area contributed by atoms with Gasteiger partial charge in [-0.3, -0.25) is 23.9 Å². The number of fused-ring (bicyclic) bond motifs is 11. The van der Waals surface area contributed by atoms with Gasteiger partial charge in [-0.1, -0.05) is 59.6 Å². The first-order valence-electron chi connectivity index (χ1n) is 12.7. The lowest BCUT2D eigenvalue weighted by molar-refractivity contribution is -0.124. The zero-order valence-electron chi connectivity index (χ0n) is 20.0. The van der Waals surface area contributed by atoms with Gasteiger partial charge in [-0.2, -0.15) is 0 Å². The van der Waals surface area contributed by atoms with Crippen molar-refractivity contribution >= 4 is 51.6 Å². The summed E-state index contributed by atoms with van der Waals surface area (Å²) < 4.78 is 1.65. The Morgan fingerprint density at radius 2 is 1.63 bits per heavy atom. The van der Waals surface area contributed by atoms with E-state index in [4.69, 9.17) is 28.2 Å². The number of halogens is 2. The molecule has 4 atom stereocenters. The monoisotopic (exact) mass is 542 g/mol. The molecule has 188 valence electrons. The van der Waals surface area contributed by atoms with Gasteiger partial charge in [0.15, 0.2) is 0 Å². The van der Waals surface area contributed by atoms with Gasteiger partial charge in [-0.15, -0.1) is 0 Å². The maximum absolute atomic E-state index is 14.5. The number of imide groups is 1. The highest BCUT2D eigenvalue weighted by molar-refractivity contribution is 6.45. The van der Waals surface area contributed by atoms with Gasteiger partial charge in [0.1, 0.15) is 11.4 Å². The highest BCUT2D eigenvalue weighted by Crippen LogP contribution is 2.62. The molecular weight excluding hydrogens is 523 g/mol. The molecule has 1 spiro atoms. The lowest BCUT2D eigenvalue weighted by Gasteiger charge is -2.38. The van der Waals surface area contributed by atoms with Crippen molar-refractivity contribution in [1.29, 1.82) is 0 Å². The van der Waals surface area contributed by atoms with Crippen LogP contribution in [-0.4, -0.2) is 38.9 Å². The van der Waals surface area contributed by atoms with Crippen LogP contribution in [0, 0.1) is 11.8 Å². The van der Waals surface area contributed by atoms with E-state index in [1.165, 1.54) is 4.90 Å². The third kappa shape index (κ3) is 2.46. The number of benzene rings is 3. The zero-order chi connectivity index (χ0) is 25.9. The summed E-state index contributed by atoms with van der Waals surface area (Å²) in [4.78, 5) is 51.1. The molecule has 38 heavy (non-hydrogen) atoms. The summed E-state index contributed by atoms with van der Waals surface area (Å²) in [6, 6.07) is 19.7. The van der Waals surface area contributed by atoms with Gasteiger partial charge in [-0.05, 0) is 49.7 Å². The van der Waals surface area contributed by atoms with Crippen LogP contribution < -0.4 is 10.5 Å². The quantitative estimate of drug-likeness (QED) is 0.330. The van der Waals surface area contributed by atoms with Crippen molar-refractivity contribution in [3.63, 3.8) is 0 Å². The van der Waals surface area contributed by atoms with Crippen LogP contribution >= 0.6 is 23.2 Å². The first-order chi connectivity index (χ1) is 18.5. The van der Waals surface area contributed by atoms with Crippen LogP contribution in [0.3, 0.4) is 0 Å². The van der Waals surface area contributed by atoms with Crippen LogP contribution in [0.15, 0.2) is 71.5 Å². The molecule has 0 aliphatic carbocycles. The summed E-state index contributed by atoms with van der Waals surface area (Å²) in [5.74, 6) is -1.48. The third-order valence-corrected chi connectivity index (χ3v) is 9.62. The zero-order valence-corrected chi connectivity index (χ0v) is 21.5. The molecule has 3 fully saturated rings. The Bertz CT molecular complexity index is 1800. The number of hydrogen-bond donors (Lipinski definition) is 0. The fourth-order valence-electron chi connectivity index (χ4n) is 7.52. The van der Waals surface area contributed by atoms with E-state index in [-0.39, 0.29) is 33.5 Å². The molecular formula is C29H20Cl2N4O3. The van der Waals surface area contributed by atoms with Gasteiger partial charge < -0.3 is 0 Å². The molecule has 9 heteroatoms. The summed E-state index contributed by atoms with van der Waals surface area (Å²) in [5.41, 5.74) is 1.16. The van der Waals surface area contributed by atoms with Gasteiger partial charge in [-0.25, -0.2) is 9.88 Å². The molecule has 7 nitrogen and oxygen atoms in total. The van der Waals surface area contributed by atoms with Crippen molar-refractivity contribution in [3.8, 4) is 5.69 Å². The van der Waals surface area contributed by atoms with Crippen LogP contribution in [0.4, 0.5) is 5.69 Å². The Hall–Kier alpha value is -3.52. The number of hydrogen-bond acceptors (Lipinski definition) is 5. The molecule has 3 saturated heterocycles. The second kappa shape index (κ2) is 7.53. The average molecular weight is 543 g/mol. The number of amides is 2. The predicted octanol–water partition coefficient (Wildman–Crippen LogP) is 4.53. The Balaban J connectivity index is 1.45. The molecule has 0 unspecified atom stereocenters. The normalized spacial score (nSPS) is 27.3. The van der Waals surface area contributed by atoms with Crippen molar-refractivity contribution in [3.05, 3.63) is 98.5 Å². The maximum Gasteiger partial charge on any atom is 0.266 e. The molecule has 8 rings (SSSR count). The number of aromatic nitrogens is 2. The Morgan fingerprint density at radius 1 is 0.868 bits per heavy atom. The van der Waals surface area contributed by atoms with Gasteiger partial charge >= 0.3 is 0 Å². The minimum atomic E-state index is -1.06. The van der Waals surface area contributed by atoms with Crippen molar-refractivity contribution in [2.45, 2.75) is 24.4 Å². The minimum absolute atomic E-state index is 0.164. The van der Waals surface area contributed by atoms with Gasteiger partial charge in [0.05, 0.1) is 44.2 Å². The Labute approximate surface area is 227 Å². The van der Waals surface area contributed by atoms with Crippen LogP contribution in [0.5, 0.6) is 0 Å². The first kappa shape index (κ1) is 22.5. The SMILES string of the molecule is O=C1[C@H]2[C@H]3CCCN3[C@@]3(c4ccccc4-n4c3nc3ccccc3c4=O)[C@H]2C(=O)N1c1cccc(Cl)c1Cl. The molecule has 4 aromatic rings. The van der Waals surface area contributed by atoms with E-state index in [9.17, 15) is 14.4 Å². The molecule has 0 bridgehead atoms. The molecule has 4 aliphatic heterocycles. The van der Waals surface area contributed by atoms with E-state index < -0.39 is 17.4 Å². The van der Waals surface area contributed by atoms with Gasteiger partial charge in [0, 0.05) is 11.6 Å². The number of carbonyl (C=O) groups is 2. The number of anilines is 1. The highest BCUT2D eigenvalue weighted by atomic mass is 35.5. The molecule has 5 heterocycles. The number of rotatable bonds is 1. The average Bonchev–Trinajstić information content (AvgIpc) is 3.64. The van der Waals surface area contributed by atoms with Gasteiger partial charge in [0.25, 0.3) is 5.56 Å². The lowest BCUT2D eigenvalue weighted by Crippen LogP contribution is -2.51. The fraction of sp³-hybridized carbons (Fsp3) is 0.241. The second-order valence-electron chi connectivity index (χ2n) is 10.4. The summed E-state index contributed by atoms with van der Waals surface area (Å²) in [5, 5.41) is 0.952. The first-order valence-corrected chi connectivity index (χ1v) is 13.4. The van der Waals surface area contributed by atoms with E-state index >= 15 is 0 Å². The summed E-state index contributed by atoms with van der Waals surface area (Å²) in [6.45, 7) is 0.702. The standard InChI is InChI=1S/C29H20Cl2N4O3/c30-17-9-5-12-21(24(17)31)34-26(37)22-20-13-6-14-33(20)29(23(22)27(34)38)16-8-2-4-11-19(16)35-25(36)15-7-1-3-10-18(15)32-28(29)35/h1-5,7-12,20,22-23H,6,13-14H2/t20-,22+,23-,29+/m1/s1. The summed E-state index contributed by atoms with van der Waals surface area (Å²) in [7, 11) is 0. The van der Waals surface area contributed by atoms with E-state index in [2.05, 4.69) is 4.90 Å². The summed E-state index contributed by atoms with van der Waals surface area (Å²) >= 11 is 12.8. The topological polar surface area (TPSA) is 75.5 Å². The van der Waals surface area contributed by atoms with Crippen molar-refractivity contribution < 1.29 is 9.59 Å². The third-order valence-electron chi connectivity index (χ3n) is 8.81. The van der Waals surface area contributed by atoms with E-state index in [1.54, 1.807) is 28.8 Å². The van der Waals surface area contributed by atoms with E-state index in [0.29, 0.717) is 34.6 Å². The van der Waals surface area contributed by atoms with Crippen LogP contribution in [-0.2, 0) is 15.1 Å². The van der Waals surface area contributed by atoms with E-state index in [1.807, 2.05) is 42.5 Å². The number of nitrogens with zero attached hydrogens (tertiary/aromatic N) is 4. The highest BCUT2D eigenvalue weighted by Gasteiger charge is 2.73. The molecule has 0 saturated carbocycles. The number of carbonyl (C=O) groups excluding carboxylic acids is 2. The molecule has 0 radical (unpaired) electrons. The molecule has 3 aromatic carbocycles. The van der Waals surface area contributed by atoms with Crippen LogP contribution in [0.25, 0.3) is 16.6 Å². The molecule has 1 aromatic heterocycles. The van der Waals surface area contributed by atoms with Crippen molar-refractivity contribution in [1.82, 2.24) is 14.5 Å². The van der Waals surface area contributed by atoms with E-state index in [0.717, 1.165) is 18.4 Å². The Morgan fingerprint density at radius 3 is 2.50 bits per heavy atom. The fourth-order valence-corrected chi connectivity index (χ4v) is 7.90. The Kier molecular flexibility index (Phi) is 4.45. The number of para-hydroxylation sites is 2. The largest absolute Gasteiger partial charge is 0.283 e. The van der Waals surface area contributed by atoms with Gasteiger partial charge in [0.2, 0.25) is 11.8 Å². The van der Waals surface area contributed by atoms with Crippen molar-refractivity contribution in [2.24, 2.45) is 11.8 Å². The smallest absolute Gasteiger partial charge is 0.266 e. The van der Waals surface area contributed by atoms with Crippen molar-refractivity contribution in [2.75, 3.05) is 11.4 Å². The van der Waals surface area contributed by atoms with Crippen LogP contribution in [0.2, 0.25) is 10.0 Å². The summed E-state index contributed by atoms with van der Waals surface area (Å²) in [6.07, 6.45) is 1.66. The molecule has 2 amide bonds.